The van der Waals surface area contributed by atoms with Crippen molar-refractivity contribution in [2.24, 2.45) is 0 Å². The van der Waals surface area contributed by atoms with Gasteiger partial charge in [-0.15, -0.1) is 0 Å². The van der Waals surface area contributed by atoms with E-state index in [4.69, 9.17) is 14.0 Å². The Labute approximate surface area is 185 Å². The van der Waals surface area contributed by atoms with Gasteiger partial charge >= 0.3 is 6.18 Å². The van der Waals surface area contributed by atoms with Gasteiger partial charge < -0.3 is 14.0 Å². The van der Waals surface area contributed by atoms with Gasteiger partial charge in [0.15, 0.2) is 11.3 Å². The van der Waals surface area contributed by atoms with Crippen molar-refractivity contribution in [3.05, 3.63) is 52.7 Å². The lowest BCUT2D eigenvalue weighted by Gasteiger charge is -2.13. The molecule has 0 radical (unpaired) electrons. The van der Waals surface area contributed by atoms with Gasteiger partial charge in [-0.05, 0) is 67.0 Å². The molecule has 4 rings (SSSR count). The van der Waals surface area contributed by atoms with E-state index < -0.39 is 11.9 Å². The number of alkyl halides is 3. The summed E-state index contributed by atoms with van der Waals surface area (Å²) < 4.78 is 56.3. The van der Waals surface area contributed by atoms with Gasteiger partial charge in [-0.2, -0.15) is 13.2 Å². The molecule has 0 fully saturated rings. The van der Waals surface area contributed by atoms with E-state index in [9.17, 15) is 13.2 Å². The average molecular weight is 447 g/mol. The van der Waals surface area contributed by atoms with Gasteiger partial charge in [-0.1, -0.05) is 31.5 Å². The number of ether oxygens (including phenoxy) is 2. The van der Waals surface area contributed by atoms with Gasteiger partial charge in [0.05, 0.1) is 18.6 Å². The highest BCUT2D eigenvalue weighted by molar-refractivity contribution is 5.85. The van der Waals surface area contributed by atoms with Crippen molar-refractivity contribution in [1.29, 1.82) is 0 Å². The van der Waals surface area contributed by atoms with Gasteiger partial charge in [0.2, 0.25) is 0 Å². The SMILES string of the molecule is CCCc1c(OCCCOc2ccc3c(c2)CC[C@H]3CC)ccc2c(C(F)(F)F)noc12. The fraction of sp³-hybridized carbons (Fsp3) is 0.480. The van der Waals surface area contributed by atoms with Crippen molar-refractivity contribution < 1.29 is 27.2 Å². The second-order valence-corrected chi connectivity index (χ2v) is 8.25. The zero-order chi connectivity index (χ0) is 22.7. The summed E-state index contributed by atoms with van der Waals surface area (Å²) >= 11 is 0. The van der Waals surface area contributed by atoms with Crippen LogP contribution in [0.15, 0.2) is 34.9 Å². The summed E-state index contributed by atoms with van der Waals surface area (Å²) in [6.45, 7) is 5.08. The van der Waals surface area contributed by atoms with E-state index in [0.717, 1.165) is 18.6 Å². The van der Waals surface area contributed by atoms with Crippen LogP contribution in [0.1, 0.15) is 67.8 Å². The maximum absolute atomic E-state index is 13.1. The van der Waals surface area contributed by atoms with Crippen LogP contribution >= 0.6 is 0 Å². The Bertz CT molecular complexity index is 1070. The Morgan fingerprint density at radius 1 is 1.09 bits per heavy atom. The number of fused-ring (bicyclic) bond motifs is 2. The lowest BCUT2D eigenvalue weighted by atomic mass is 9.99. The van der Waals surface area contributed by atoms with Gasteiger partial charge in [0.1, 0.15) is 11.5 Å². The van der Waals surface area contributed by atoms with Crippen LogP contribution in [0.2, 0.25) is 0 Å². The van der Waals surface area contributed by atoms with Gasteiger partial charge in [0, 0.05) is 12.0 Å². The highest BCUT2D eigenvalue weighted by Crippen LogP contribution is 2.39. The van der Waals surface area contributed by atoms with Crippen LogP contribution in [-0.4, -0.2) is 18.4 Å². The van der Waals surface area contributed by atoms with Crippen LogP contribution < -0.4 is 9.47 Å². The third-order valence-corrected chi connectivity index (χ3v) is 6.09. The van der Waals surface area contributed by atoms with Gasteiger partial charge in [-0.25, -0.2) is 0 Å². The quantitative estimate of drug-likeness (QED) is 0.329. The topological polar surface area (TPSA) is 44.5 Å². The fourth-order valence-electron chi connectivity index (χ4n) is 4.49. The number of benzene rings is 2. The molecule has 0 aliphatic heterocycles. The first-order valence-corrected chi connectivity index (χ1v) is 11.3. The first-order valence-electron chi connectivity index (χ1n) is 11.3. The van der Waals surface area contributed by atoms with E-state index in [2.05, 4.69) is 24.2 Å². The Morgan fingerprint density at radius 2 is 1.91 bits per heavy atom. The molecule has 32 heavy (non-hydrogen) atoms. The van der Waals surface area contributed by atoms with E-state index in [-0.39, 0.29) is 11.0 Å². The lowest BCUT2D eigenvalue weighted by molar-refractivity contribution is -0.141. The van der Waals surface area contributed by atoms with Crippen molar-refractivity contribution in [3.8, 4) is 11.5 Å². The first-order chi connectivity index (χ1) is 15.4. The van der Waals surface area contributed by atoms with Crippen LogP contribution in [-0.2, 0) is 19.0 Å². The van der Waals surface area contributed by atoms with Crippen LogP contribution in [0.5, 0.6) is 11.5 Å². The molecule has 1 aromatic heterocycles. The summed E-state index contributed by atoms with van der Waals surface area (Å²) in [6.07, 6.45) is 0.882. The largest absolute Gasteiger partial charge is 0.493 e. The van der Waals surface area contributed by atoms with Crippen LogP contribution in [0.3, 0.4) is 0 Å². The molecular formula is C25H28F3NO3. The molecule has 1 heterocycles. The third-order valence-electron chi connectivity index (χ3n) is 6.09. The van der Waals surface area contributed by atoms with Gasteiger partial charge in [-0.3, -0.25) is 0 Å². The maximum Gasteiger partial charge on any atom is 0.437 e. The minimum Gasteiger partial charge on any atom is -0.493 e. The Morgan fingerprint density at radius 3 is 2.66 bits per heavy atom. The standard InChI is InChI=1S/C25H28F3NO3/c1-3-6-20-22(12-11-21-23(20)32-29-24(21)25(26,27)28)31-14-5-13-30-18-9-10-19-16(4-2)7-8-17(19)15-18/h9-12,15-16H,3-8,13-14H2,1-2H3/t16-/m1/s1. The number of hydrogen-bond acceptors (Lipinski definition) is 4. The van der Waals surface area contributed by atoms with Crippen LogP contribution in [0, 0.1) is 0 Å². The second-order valence-electron chi connectivity index (χ2n) is 8.25. The lowest BCUT2D eigenvalue weighted by Crippen LogP contribution is -2.07. The highest BCUT2D eigenvalue weighted by atomic mass is 19.4. The van der Waals surface area contributed by atoms with E-state index >= 15 is 0 Å². The minimum absolute atomic E-state index is 0.0291. The zero-order valence-corrected chi connectivity index (χ0v) is 18.4. The van der Waals surface area contributed by atoms with Crippen molar-refractivity contribution in [2.45, 2.75) is 64.5 Å². The number of halogens is 3. The molecule has 2 aromatic carbocycles. The number of aryl methyl sites for hydroxylation is 2. The summed E-state index contributed by atoms with van der Waals surface area (Å²) in [5.74, 6) is 2.07. The summed E-state index contributed by atoms with van der Waals surface area (Å²) in [4.78, 5) is 0. The van der Waals surface area contributed by atoms with Crippen LogP contribution in [0.4, 0.5) is 13.2 Å². The molecule has 172 valence electrons. The molecule has 0 unspecified atom stereocenters. The van der Waals surface area contributed by atoms with Crippen molar-refractivity contribution in [2.75, 3.05) is 13.2 Å². The van der Waals surface area contributed by atoms with Crippen molar-refractivity contribution >= 4 is 11.0 Å². The Kier molecular flexibility index (Phi) is 6.63. The zero-order valence-electron chi connectivity index (χ0n) is 18.4. The molecule has 0 saturated heterocycles. The Hall–Kier alpha value is -2.70. The number of aromatic nitrogens is 1. The van der Waals surface area contributed by atoms with E-state index in [1.165, 1.54) is 30.0 Å². The van der Waals surface area contributed by atoms with Crippen molar-refractivity contribution in [1.82, 2.24) is 5.16 Å². The van der Waals surface area contributed by atoms with E-state index in [0.29, 0.717) is 43.3 Å². The molecule has 4 nitrogen and oxygen atoms in total. The second kappa shape index (κ2) is 9.43. The smallest absolute Gasteiger partial charge is 0.437 e. The minimum atomic E-state index is -4.55. The molecule has 7 heteroatoms. The van der Waals surface area contributed by atoms with E-state index in [1.54, 1.807) is 6.07 Å². The summed E-state index contributed by atoms with van der Waals surface area (Å²) in [7, 11) is 0. The number of hydrogen-bond donors (Lipinski definition) is 0. The first kappa shape index (κ1) is 22.5. The molecule has 1 atom stereocenters. The molecule has 1 aliphatic carbocycles. The van der Waals surface area contributed by atoms with Gasteiger partial charge in [0.25, 0.3) is 0 Å². The highest BCUT2D eigenvalue weighted by Gasteiger charge is 2.37. The molecule has 0 spiro atoms. The molecule has 1 aliphatic rings. The summed E-state index contributed by atoms with van der Waals surface area (Å²) in [5, 5.41) is 3.22. The monoisotopic (exact) mass is 447 g/mol. The molecule has 0 saturated carbocycles. The molecular weight excluding hydrogens is 419 g/mol. The molecule has 0 amide bonds. The van der Waals surface area contributed by atoms with Crippen LogP contribution in [0.25, 0.3) is 11.0 Å². The summed E-state index contributed by atoms with van der Waals surface area (Å²) in [6, 6.07) is 9.30. The molecule has 3 aromatic rings. The fourth-order valence-corrected chi connectivity index (χ4v) is 4.49. The molecule has 0 bridgehead atoms. The number of nitrogens with zero attached hydrogens (tertiary/aromatic N) is 1. The number of rotatable bonds is 9. The normalized spacial score (nSPS) is 15.8. The summed E-state index contributed by atoms with van der Waals surface area (Å²) in [5.41, 5.74) is 2.61. The molecule has 0 N–H and O–H groups in total. The predicted molar refractivity (Wildman–Crippen MR) is 116 cm³/mol. The van der Waals surface area contributed by atoms with E-state index in [1.807, 2.05) is 13.0 Å². The Balaban J connectivity index is 1.36. The average Bonchev–Trinajstić information content (AvgIpc) is 3.38. The van der Waals surface area contributed by atoms with Crippen molar-refractivity contribution in [3.63, 3.8) is 0 Å². The third kappa shape index (κ3) is 4.57. The maximum atomic E-state index is 13.1. The predicted octanol–water partition coefficient (Wildman–Crippen LogP) is 7.09.